The minimum absolute atomic E-state index is 0.145. The van der Waals surface area contributed by atoms with Crippen LogP contribution in [-0.4, -0.2) is 37.6 Å². The second kappa shape index (κ2) is 8.01. The lowest BCUT2D eigenvalue weighted by atomic mass is 10.2. The number of unbranched alkanes of at least 4 members (excludes halogenated alkanes) is 1. The third-order valence-electron chi connectivity index (χ3n) is 4.00. The predicted molar refractivity (Wildman–Crippen MR) is 110 cm³/mol. The molecule has 3 heterocycles. The highest BCUT2D eigenvalue weighted by Gasteiger charge is 2.32. The van der Waals surface area contributed by atoms with Crippen LogP contribution < -0.4 is 10.9 Å². The van der Waals surface area contributed by atoms with Gasteiger partial charge in [0.05, 0.1) is 10.5 Å². The van der Waals surface area contributed by atoms with Gasteiger partial charge in [-0.25, -0.2) is 4.98 Å². The fourth-order valence-corrected chi connectivity index (χ4v) is 3.97. The van der Waals surface area contributed by atoms with Crippen LogP contribution in [0.25, 0.3) is 11.7 Å². The average molecular weight is 389 g/mol. The first-order chi connectivity index (χ1) is 12.6. The van der Waals surface area contributed by atoms with Crippen LogP contribution in [0.1, 0.15) is 32.3 Å². The summed E-state index contributed by atoms with van der Waals surface area (Å²) in [6.07, 6.45) is 5.15. The Kier molecular flexibility index (Phi) is 5.73. The Morgan fingerprint density at radius 2 is 2.12 bits per heavy atom. The maximum absolute atomic E-state index is 12.9. The number of hydrogen-bond acceptors (Lipinski definition) is 6. The third-order valence-corrected chi connectivity index (χ3v) is 5.38. The number of pyridine rings is 1. The Morgan fingerprint density at radius 1 is 1.31 bits per heavy atom. The number of carbonyl (C=O) groups is 1. The minimum Gasteiger partial charge on any atom is -0.370 e. The average Bonchev–Trinajstić information content (AvgIpc) is 2.90. The number of amides is 1. The number of carbonyl (C=O) groups excluding carboxylic acids is 1. The van der Waals surface area contributed by atoms with Crippen LogP contribution in [0.5, 0.6) is 0 Å². The van der Waals surface area contributed by atoms with Crippen molar-refractivity contribution < 1.29 is 4.79 Å². The van der Waals surface area contributed by atoms with Crippen molar-refractivity contribution in [3.63, 3.8) is 0 Å². The molecule has 1 aliphatic rings. The highest BCUT2D eigenvalue weighted by molar-refractivity contribution is 8.26. The third kappa shape index (κ3) is 3.52. The molecule has 0 aliphatic carbocycles. The van der Waals surface area contributed by atoms with Crippen molar-refractivity contribution in [2.45, 2.75) is 26.7 Å². The number of thioether (sulfide) groups is 1. The molecule has 6 nitrogen and oxygen atoms in total. The quantitative estimate of drug-likeness (QED) is 0.606. The van der Waals surface area contributed by atoms with Crippen LogP contribution in [0, 0.1) is 0 Å². The smallest absolute Gasteiger partial charge is 0.267 e. The summed E-state index contributed by atoms with van der Waals surface area (Å²) >= 11 is 6.56. The van der Waals surface area contributed by atoms with Gasteiger partial charge in [0.25, 0.3) is 11.5 Å². The van der Waals surface area contributed by atoms with Gasteiger partial charge in [-0.2, -0.15) is 0 Å². The second-order valence-corrected chi connectivity index (χ2v) is 7.50. The van der Waals surface area contributed by atoms with Crippen molar-refractivity contribution in [3.8, 4) is 0 Å². The van der Waals surface area contributed by atoms with Gasteiger partial charge in [-0.15, -0.1) is 0 Å². The molecular weight excluding hydrogens is 368 g/mol. The fourth-order valence-electron chi connectivity index (χ4n) is 2.68. The van der Waals surface area contributed by atoms with E-state index in [1.807, 2.05) is 13.0 Å². The standard InChI is InChI=1S/C18H20N4O2S2/c1-3-5-9-22-17(24)13(26-18(22)25)11-12-15(19-4-2)20-14-8-6-7-10-21(14)16(12)23/h6-8,10-11,19H,3-5,9H2,1-2H3. The normalized spacial score (nSPS) is 16.1. The largest absolute Gasteiger partial charge is 0.370 e. The van der Waals surface area contributed by atoms with Crippen molar-refractivity contribution in [1.82, 2.24) is 14.3 Å². The van der Waals surface area contributed by atoms with E-state index in [0.717, 1.165) is 12.8 Å². The lowest BCUT2D eigenvalue weighted by Gasteiger charge is -2.13. The first-order valence-corrected chi connectivity index (χ1v) is 9.80. The van der Waals surface area contributed by atoms with Crippen molar-refractivity contribution in [1.29, 1.82) is 0 Å². The van der Waals surface area contributed by atoms with E-state index in [-0.39, 0.29) is 11.5 Å². The van der Waals surface area contributed by atoms with E-state index in [1.54, 1.807) is 29.3 Å². The topological polar surface area (TPSA) is 66.7 Å². The number of aromatic nitrogens is 2. The van der Waals surface area contributed by atoms with Gasteiger partial charge in [0.15, 0.2) is 0 Å². The SMILES string of the molecule is CCCCN1C(=O)C(=Cc2c(NCC)nc3ccccn3c2=O)SC1=S. The molecule has 26 heavy (non-hydrogen) atoms. The molecule has 1 aliphatic heterocycles. The van der Waals surface area contributed by atoms with Gasteiger partial charge in [-0.1, -0.05) is 43.4 Å². The Morgan fingerprint density at radius 3 is 2.85 bits per heavy atom. The number of hydrogen-bond donors (Lipinski definition) is 1. The molecule has 0 unspecified atom stereocenters. The molecule has 3 rings (SSSR count). The van der Waals surface area contributed by atoms with E-state index in [1.165, 1.54) is 16.2 Å². The molecule has 0 spiro atoms. The lowest BCUT2D eigenvalue weighted by Crippen LogP contribution is -2.29. The molecule has 0 bridgehead atoms. The minimum atomic E-state index is -0.217. The van der Waals surface area contributed by atoms with Crippen molar-refractivity contribution in [2.75, 3.05) is 18.4 Å². The first-order valence-electron chi connectivity index (χ1n) is 8.57. The van der Waals surface area contributed by atoms with Gasteiger partial charge in [-0.05, 0) is 31.6 Å². The molecule has 2 aromatic rings. The van der Waals surface area contributed by atoms with Crippen molar-refractivity contribution in [3.05, 3.63) is 45.2 Å². The zero-order chi connectivity index (χ0) is 18.7. The Labute approximate surface area is 161 Å². The van der Waals surface area contributed by atoms with E-state index >= 15 is 0 Å². The molecule has 2 aromatic heterocycles. The fraction of sp³-hybridized carbons (Fsp3) is 0.333. The highest BCUT2D eigenvalue weighted by atomic mass is 32.2. The van der Waals surface area contributed by atoms with E-state index in [2.05, 4.69) is 17.2 Å². The van der Waals surface area contributed by atoms with Gasteiger partial charge >= 0.3 is 0 Å². The number of rotatable bonds is 6. The molecule has 0 aromatic carbocycles. The van der Waals surface area contributed by atoms with Gasteiger partial charge < -0.3 is 5.32 Å². The van der Waals surface area contributed by atoms with E-state index in [4.69, 9.17) is 12.2 Å². The number of nitrogens with zero attached hydrogens (tertiary/aromatic N) is 3. The van der Waals surface area contributed by atoms with Gasteiger partial charge in [-0.3, -0.25) is 18.9 Å². The number of fused-ring (bicyclic) bond motifs is 1. The van der Waals surface area contributed by atoms with E-state index in [9.17, 15) is 9.59 Å². The van der Waals surface area contributed by atoms with Gasteiger partial charge in [0.1, 0.15) is 15.8 Å². The molecule has 8 heteroatoms. The summed E-state index contributed by atoms with van der Waals surface area (Å²) in [6.45, 7) is 5.22. The Hall–Kier alpha value is -2.19. The monoisotopic (exact) mass is 388 g/mol. The van der Waals surface area contributed by atoms with E-state index < -0.39 is 0 Å². The Bertz CT molecular complexity index is 952. The molecule has 0 atom stereocenters. The summed E-state index contributed by atoms with van der Waals surface area (Å²) in [7, 11) is 0. The predicted octanol–water partition coefficient (Wildman–Crippen LogP) is 3.13. The summed E-state index contributed by atoms with van der Waals surface area (Å²) in [4.78, 5) is 32.2. The molecular formula is C18H20N4O2S2. The molecule has 1 saturated heterocycles. The maximum atomic E-state index is 12.9. The van der Waals surface area contributed by atoms with Crippen molar-refractivity contribution in [2.24, 2.45) is 0 Å². The highest BCUT2D eigenvalue weighted by Crippen LogP contribution is 2.33. The van der Waals surface area contributed by atoms with Crippen molar-refractivity contribution >= 4 is 51.7 Å². The Balaban J connectivity index is 2.07. The van der Waals surface area contributed by atoms with Crippen LogP contribution in [-0.2, 0) is 4.79 Å². The van der Waals surface area contributed by atoms with Crippen LogP contribution in [0.4, 0.5) is 5.82 Å². The van der Waals surface area contributed by atoms with Crippen LogP contribution in [0.15, 0.2) is 34.1 Å². The maximum Gasteiger partial charge on any atom is 0.267 e. The summed E-state index contributed by atoms with van der Waals surface area (Å²) in [5, 5.41) is 3.12. The summed E-state index contributed by atoms with van der Waals surface area (Å²) in [6, 6.07) is 5.38. The molecule has 136 valence electrons. The van der Waals surface area contributed by atoms with Crippen LogP contribution in [0.3, 0.4) is 0 Å². The number of nitrogens with one attached hydrogen (secondary N) is 1. The molecule has 1 N–H and O–H groups in total. The summed E-state index contributed by atoms with van der Waals surface area (Å²) in [5.74, 6) is 0.330. The van der Waals surface area contributed by atoms with E-state index in [0.29, 0.717) is 39.3 Å². The second-order valence-electron chi connectivity index (χ2n) is 5.83. The number of anilines is 1. The summed E-state index contributed by atoms with van der Waals surface area (Å²) < 4.78 is 2.01. The van der Waals surface area contributed by atoms with Crippen LogP contribution >= 0.6 is 24.0 Å². The molecule has 0 radical (unpaired) electrons. The number of thiocarbonyl (C=S) groups is 1. The zero-order valence-electron chi connectivity index (χ0n) is 14.7. The molecule has 0 saturated carbocycles. The van der Waals surface area contributed by atoms with Crippen LogP contribution in [0.2, 0.25) is 0 Å². The molecule has 1 fully saturated rings. The lowest BCUT2D eigenvalue weighted by molar-refractivity contribution is -0.122. The zero-order valence-corrected chi connectivity index (χ0v) is 16.3. The molecule has 1 amide bonds. The summed E-state index contributed by atoms with van der Waals surface area (Å²) in [5.41, 5.74) is 0.706. The van der Waals surface area contributed by atoms with Gasteiger partial charge in [0.2, 0.25) is 0 Å². The van der Waals surface area contributed by atoms with Gasteiger partial charge in [0, 0.05) is 19.3 Å². The first kappa shape index (κ1) is 18.6.